The van der Waals surface area contributed by atoms with Crippen LogP contribution in [0.4, 0.5) is 0 Å². The summed E-state index contributed by atoms with van der Waals surface area (Å²) >= 11 is 0. The third-order valence-corrected chi connectivity index (χ3v) is 2.49. The first-order valence-corrected chi connectivity index (χ1v) is 5.35. The van der Waals surface area contributed by atoms with Gasteiger partial charge in [-0.15, -0.1) is 12.4 Å². The van der Waals surface area contributed by atoms with Gasteiger partial charge in [0.25, 0.3) is 0 Å². The van der Waals surface area contributed by atoms with Gasteiger partial charge in [-0.25, -0.2) is 0 Å². The molecule has 0 radical (unpaired) electrons. The van der Waals surface area contributed by atoms with Crippen molar-refractivity contribution in [2.75, 3.05) is 0 Å². The maximum absolute atomic E-state index is 7.53. The lowest BCUT2D eigenvalue weighted by Crippen LogP contribution is -2.13. The molecule has 0 heterocycles. The molecule has 0 amide bonds. The van der Waals surface area contributed by atoms with E-state index in [1.165, 1.54) is 31.9 Å². The molecule has 2 N–H and O–H groups in total. The highest BCUT2D eigenvalue weighted by atomic mass is 35.5. The first kappa shape index (κ1) is 16.1. The van der Waals surface area contributed by atoms with Crippen molar-refractivity contribution in [1.82, 2.24) is 0 Å². The molecule has 0 aromatic carbocycles. The molecule has 14 heavy (non-hydrogen) atoms. The van der Waals surface area contributed by atoms with Gasteiger partial charge in [0, 0.05) is 12.1 Å². The Hall–Kier alpha value is -0.370. The second-order valence-electron chi connectivity index (χ2n) is 3.55. The molecule has 0 fully saturated rings. The van der Waals surface area contributed by atoms with Crippen molar-refractivity contribution in [2.45, 2.75) is 52.4 Å². The van der Waals surface area contributed by atoms with Crippen LogP contribution in [0, 0.1) is 16.7 Å². The molecule has 0 saturated heterocycles. The predicted octanol–water partition coefficient (Wildman–Crippen LogP) is 4.07. The molecule has 0 spiro atoms. The van der Waals surface area contributed by atoms with E-state index in [1.54, 1.807) is 0 Å². The maximum atomic E-state index is 7.53. The average Bonchev–Trinajstić information content (AvgIpc) is 2.17. The van der Waals surface area contributed by atoms with Crippen LogP contribution in [0.3, 0.4) is 0 Å². The molecule has 0 saturated carbocycles. The van der Waals surface area contributed by atoms with Crippen molar-refractivity contribution in [3.8, 4) is 0 Å². The van der Waals surface area contributed by atoms with Gasteiger partial charge >= 0.3 is 0 Å². The lowest BCUT2D eigenvalue weighted by atomic mass is 9.94. The van der Waals surface area contributed by atoms with E-state index in [9.17, 15) is 0 Å². The summed E-state index contributed by atoms with van der Waals surface area (Å²) in [4.78, 5) is 0. The number of nitrogens with one attached hydrogen (secondary N) is 2. The molecule has 0 aromatic rings. The quantitative estimate of drug-likeness (QED) is 0.456. The molecule has 2 nitrogen and oxygen atoms in total. The average molecular weight is 219 g/mol. The van der Waals surface area contributed by atoms with E-state index in [4.69, 9.17) is 10.8 Å². The molecule has 0 rings (SSSR count). The zero-order chi connectivity index (χ0) is 10.1. The Morgan fingerprint density at radius 2 is 1.86 bits per heavy atom. The molecule has 0 aliphatic rings. The van der Waals surface area contributed by atoms with Crippen LogP contribution in [0.25, 0.3) is 0 Å². The Morgan fingerprint density at radius 1 is 1.21 bits per heavy atom. The van der Waals surface area contributed by atoms with Crippen molar-refractivity contribution in [3.05, 3.63) is 0 Å². The van der Waals surface area contributed by atoms with Crippen LogP contribution in [-0.4, -0.2) is 11.9 Å². The van der Waals surface area contributed by atoms with E-state index in [0.29, 0.717) is 11.6 Å². The topological polar surface area (TPSA) is 47.7 Å². The third-order valence-electron chi connectivity index (χ3n) is 2.49. The standard InChI is InChI=1S/C11H22N2.ClH/c1-3-5-6-7-8-10(4-2)11(13)9-12;/h9-10,12-13H,3-8H2,1-2H3;1H. The van der Waals surface area contributed by atoms with Crippen molar-refractivity contribution in [3.63, 3.8) is 0 Å². The van der Waals surface area contributed by atoms with E-state index >= 15 is 0 Å². The summed E-state index contributed by atoms with van der Waals surface area (Å²) < 4.78 is 0. The fourth-order valence-corrected chi connectivity index (χ4v) is 1.51. The number of hydrogen-bond acceptors (Lipinski definition) is 2. The predicted molar refractivity (Wildman–Crippen MR) is 66.3 cm³/mol. The third kappa shape index (κ3) is 7.07. The lowest BCUT2D eigenvalue weighted by Gasteiger charge is -2.12. The minimum Gasteiger partial charge on any atom is -0.307 e. The van der Waals surface area contributed by atoms with Gasteiger partial charge in [0.15, 0.2) is 0 Å². The lowest BCUT2D eigenvalue weighted by molar-refractivity contribution is 0.542. The van der Waals surface area contributed by atoms with E-state index in [0.717, 1.165) is 12.8 Å². The molecule has 0 aromatic heterocycles. The van der Waals surface area contributed by atoms with Crippen LogP contribution in [0.1, 0.15) is 52.4 Å². The normalized spacial score (nSPS) is 11.6. The molecule has 1 atom stereocenters. The minimum atomic E-state index is 0. The number of rotatable bonds is 8. The summed E-state index contributed by atoms with van der Waals surface area (Å²) in [5.41, 5.74) is 0.499. The van der Waals surface area contributed by atoms with Gasteiger partial charge in [0.1, 0.15) is 0 Å². The van der Waals surface area contributed by atoms with Crippen molar-refractivity contribution in [1.29, 1.82) is 10.8 Å². The van der Waals surface area contributed by atoms with Gasteiger partial charge in [0.2, 0.25) is 0 Å². The van der Waals surface area contributed by atoms with Gasteiger partial charge in [-0.3, -0.25) is 0 Å². The Kier molecular flexibility index (Phi) is 12.3. The first-order valence-electron chi connectivity index (χ1n) is 5.35. The smallest absolute Gasteiger partial charge is 0.0520 e. The van der Waals surface area contributed by atoms with Gasteiger partial charge in [-0.1, -0.05) is 39.5 Å². The van der Waals surface area contributed by atoms with E-state index in [-0.39, 0.29) is 12.4 Å². The minimum absolute atomic E-state index is 0. The number of unbranched alkanes of at least 4 members (excludes halogenated alkanes) is 3. The van der Waals surface area contributed by atoms with Crippen LogP contribution in [0.2, 0.25) is 0 Å². The largest absolute Gasteiger partial charge is 0.307 e. The van der Waals surface area contributed by atoms with Gasteiger partial charge in [-0.05, 0) is 12.8 Å². The molecular formula is C11H23ClN2. The monoisotopic (exact) mass is 218 g/mol. The van der Waals surface area contributed by atoms with E-state index in [1.807, 2.05) is 0 Å². The Balaban J connectivity index is 0. The maximum Gasteiger partial charge on any atom is 0.0520 e. The van der Waals surface area contributed by atoms with Crippen LogP contribution < -0.4 is 0 Å². The SMILES string of the molecule is CCCCCCC(CC)C(=N)C=N.Cl. The Labute approximate surface area is 93.9 Å². The molecule has 0 bridgehead atoms. The van der Waals surface area contributed by atoms with Crippen molar-refractivity contribution < 1.29 is 0 Å². The fraction of sp³-hybridized carbons (Fsp3) is 0.818. The highest BCUT2D eigenvalue weighted by Crippen LogP contribution is 2.14. The molecule has 0 aliphatic carbocycles. The molecule has 0 aliphatic heterocycles. The fourth-order valence-electron chi connectivity index (χ4n) is 1.51. The summed E-state index contributed by atoms with van der Waals surface area (Å²) in [5, 5.41) is 14.5. The highest BCUT2D eigenvalue weighted by molar-refractivity contribution is 6.28. The summed E-state index contributed by atoms with van der Waals surface area (Å²) in [6.07, 6.45) is 8.33. The first-order chi connectivity index (χ1) is 6.26. The van der Waals surface area contributed by atoms with E-state index < -0.39 is 0 Å². The van der Waals surface area contributed by atoms with Gasteiger partial charge in [0.05, 0.1) is 5.71 Å². The molecule has 3 heteroatoms. The summed E-state index contributed by atoms with van der Waals surface area (Å²) in [6.45, 7) is 4.31. The second kappa shape index (κ2) is 10.7. The Bertz CT molecular complexity index is 157. The van der Waals surface area contributed by atoms with Gasteiger partial charge < -0.3 is 10.8 Å². The summed E-state index contributed by atoms with van der Waals surface area (Å²) in [6, 6.07) is 0. The van der Waals surface area contributed by atoms with Crippen molar-refractivity contribution >= 4 is 24.3 Å². The number of hydrogen-bond donors (Lipinski definition) is 2. The van der Waals surface area contributed by atoms with Crippen molar-refractivity contribution in [2.24, 2.45) is 5.92 Å². The van der Waals surface area contributed by atoms with Crippen LogP contribution in [0.15, 0.2) is 0 Å². The Morgan fingerprint density at radius 3 is 2.29 bits per heavy atom. The van der Waals surface area contributed by atoms with Crippen LogP contribution >= 0.6 is 12.4 Å². The highest BCUT2D eigenvalue weighted by Gasteiger charge is 2.09. The second-order valence-corrected chi connectivity index (χ2v) is 3.55. The zero-order valence-corrected chi connectivity index (χ0v) is 10.1. The summed E-state index contributed by atoms with van der Waals surface area (Å²) in [5.74, 6) is 0.328. The molecular weight excluding hydrogens is 196 g/mol. The van der Waals surface area contributed by atoms with Gasteiger partial charge in [-0.2, -0.15) is 0 Å². The molecule has 1 unspecified atom stereocenters. The van der Waals surface area contributed by atoms with Crippen LogP contribution in [-0.2, 0) is 0 Å². The summed E-state index contributed by atoms with van der Waals surface area (Å²) in [7, 11) is 0. The van der Waals surface area contributed by atoms with Crippen LogP contribution in [0.5, 0.6) is 0 Å². The zero-order valence-electron chi connectivity index (χ0n) is 9.31. The number of halogens is 1. The molecule has 84 valence electrons. The van der Waals surface area contributed by atoms with E-state index in [2.05, 4.69) is 13.8 Å².